The molecule has 1 aliphatic heterocycles. The van der Waals surface area contributed by atoms with Gasteiger partial charge in [-0.15, -0.1) is 0 Å². The lowest BCUT2D eigenvalue weighted by Gasteiger charge is -2.33. The molecule has 34 heavy (non-hydrogen) atoms. The summed E-state index contributed by atoms with van der Waals surface area (Å²) in [6.45, 7) is 2.28. The summed E-state index contributed by atoms with van der Waals surface area (Å²) in [5.74, 6) is -7.84. The molecule has 1 aromatic carbocycles. The molecule has 0 saturated carbocycles. The second kappa shape index (κ2) is 9.16. The van der Waals surface area contributed by atoms with Gasteiger partial charge in [-0.2, -0.15) is 17.6 Å². The normalized spacial score (nSPS) is 24.6. The third-order valence-corrected chi connectivity index (χ3v) is 6.02. The van der Waals surface area contributed by atoms with Gasteiger partial charge in [0.25, 0.3) is 11.8 Å². The lowest BCUT2D eigenvalue weighted by molar-refractivity contribution is -0.274. The van der Waals surface area contributed by atoms with Crippen LogP contribution in [0.1, 0.15) is 42.2 Å². The summed E-state index contributed by atoms with van der Waals surface area (Å²) in [5, 5.41) is 2.39. The molecule has 0 bridgehead atoms. The number of hydrogen-bond donors (Lipinski definition) is 2. The zero-order valence-corrected chi connectivity index (χ0v) is 18.4. The quantitative estimate of drug-likeness (QED) is 0.601. The first-order chi connectivity index (χ1) is 15.9. The minimum Gasteiger partial charge on any atom is -0.493 e. The summed E-state index contributed by atoms with van der Waals surface area (Å²) >= 11 is 0. The Morgan fingerprint density at radius 2 is 1.94 bits per heavy atom. The van der Waals surface area contributed by atoms with Crippen LogP contribution in [0.15, 0.2) is 30.5 Å². The van der Waals surface area contributed by atoms with E-state index in [0.29, 0.717) is 0 Å². The van der Waals surface area contributed by atoms with Crippen LogP contribution in [0.4, 0.5) is 27.6 Å². The fourth-order valence-corrected chi connectivity index (χ4v) is 4.37. The molecular weight excluding hydrogens is 465 g/mol. The van der Waals surface area contributed by atoms with E-state index in [1.807, 2.05) is 0 Å². The number of carbonyl (C=O) groups is 2. The summed E-state index contributed by atoms with van der Waals surface area (Å²) in [7, 11) is 1.04. The van der Waals surface area contributed by atoms with Gasteiger partial charge in [-0.1, -0.05) is 13.0 Å². The topological polar surface area (TPSA) is 104 Å². The number of nitrogens with two attached hydrogens (primary N) is 1. The van der Waals surface area contributed by atoms with E-state index < -0.39 is 58.9 Å². The Kier molecular flexibility index (Phi) is 6.83. The van der Waals surface area contributed by atoms with Crippen LogP contribution < -0.4 is 15.8 Å². The van der Waals surface area contributed by atoms with Gasteiger partial charge in [0.1, 0.15) is 11.8 Å². The molecule has 2 heterocycles. The van der Waals surface area contributed by atoms with E-state index in [-0.39, 0.29) is 23.4 Å². The Bertz CT molecular complexity index is 1110. The number of nitrogens with zero attached hydrogens (tertiary/aromatic N) is 1. The third-order valence-electron chi connectivity index (χ3n) is 6.02. The summed E-state index contributed by atoms with van der Waals surface area (Å²) < 4.78 is 80.9. The van der Waals surface area contributed by atoms with Crippen molar-refractivity contribution in [2.24, 2.45) is 11.7 Å². The average molecular weight is 487 g/mol. The van der Waals surface area contributed by atoms with Gasteiger partial charge >= 0.3 is 6.18 Å². The Morgan fingerprint density at radius 3 is 2.50 bits per heavy atom. The van der Waals surface area contributed by atoms with Gasteiger partial charge in [-0.25, -0.2) is 4.39 Å². The molecule has 3 rings (SSSR count). The second-order valence-electron chi connectivity index (χ2n) is 7.95. The monoisotopic (exact) mass is 487 g/mol. The molecule has 0 unspecified atom stereocenters. The molecule has 3 N–H and O–H groups in total. The van der Waals surface area contributed by atoms with Crippen molar-refractivity contribution in [1.82, 2.24) is 4.98 Å². The van der Waals surface area contributed by atoms with E-state index in [1.54, 1.807) is 0 Å². The molecule has 0 spiro atoms. The number of pyridine rings is 1. The van der Waals surface area contributed by atoms with E-state index in [2.05, 4.69) is 10.3 Å². The number of rotatable bonds is 6. The highest BCUT2D eigenvalue weighted by molar-refractivity contribution is 5.97. The molecule has 1 aromatic heterocycles. The van der Waals surface area contributed by atoms with Crippen LogP contribution >= 0.6 is 0 Å². The first-order valence-corrected chi connectivity index (χ1v) is 10.2. The number of halogens is 5. The number of carbonyl (C=O) groups excluding carboxylic acids is 2. The van der Waals surface area contributed by atoms with Gasteiger partial charge in [-0.05, 0) is 31.5 Å². The average Bonchev–Trinajstić information content (AvgIpc) is 3.09. The summed E-state index contributed by atoms with van der Waals surface area (Å²) in [4.78, 5) is 28.2. The highest BCUT2D eigenvalue weighted by Gasteiger charge is 2.66. The molecule has 1 saturated heterocycles. The standard InChI is InChI=1S/C22H22F5N3O4/c1-4-12-15(11-5-6-13(23)16(24)17(11)33-3)18(34-21(12,2)22(25,26)27)20(32)30-10-7-8-29-14(9-10)19(28)31/h5-9,12,15,18H,4H2,1-3H3,(H2,28,31)(H,29,30,32)/t12-,15+,18+,21+/m0/s1. The Hall–Kier alpha value is -3.28. The van der Waals surface area contributed by atoms with Crippen molar-refractivity contribution in [3.05, 3.63) is 53.4 Å². The molecule has 7 nitrogen and oxygen atoms in total. The summed E-state index contributed by atoms with van der Waals surface area (Å²) in [6, 6.07) is 4.27. The molecule has 1 aliphatic rings. The fraction of sp³-hybridized carbons (Fsp3) is 0.409. The van der Waals surface area contributed by atoms with Crippen molar-refractivity contribution in [2.75, 3.05) is 12.4 Å². The van der Waals surface area contributed by atoms with Crippen LogP contribution in [-0.4, -0.2) is 41.8 Å². The van der Waals surface area contributed by atoms with Crippen LogP contribution in [0.25, 0.3) is 0 Å². The van der Waals surface area contributed by atoms with Crippen molar-refractivity contribution >= 4 is 17.5 Å². The van der Waals surface area contributed by atoms with Crippen molar-refractivity contribution in [2.45, 2.75) is 44.1 Å². The molecule has 2 aromatic rings. The predicted molar refractivity (Wildman–Crippen MR) is 110 cm³/mol. The number of hydrogen-bond acceptors (Lipinski definition) is 5. The molecule has 1 fully saturated rings. The van der Waals surface area contributed by atoms with Crippen molar-refractivity contribution < 1.29 is 41.0 Å². The van der Waals surface area contributed by atoms with Crippen molar-refractivity contribution in [3.8, 4) is 5.75 Å². The highest BCUT2D eigenvalue weighted by atomic mass is 19.4. The number of benzene rings is 1. The van der Waals surface area contributed by atoms with Gasteiger partial charge in [-0.3, -0.25) is 14.6 Å². The number of anilines is 1. The number of amides is 2. The minimum atomic E-state index is -4.89. The predicted octanol–water partition coefficient (Wildman–Crippen LogP) is 3.94. The van der Waals surface area contributed by atoms with E-state index in [4.69, 9.17) is 15.2 Å². The van der Waals surface area contributed by atoms with Gasteiger partial charge in [0.15, 0.2) is 17.2 Å². The van der Waals surface area contributed by atoms with Gasteiger partial charge < -0.3 is 20.5 Å². The number of ether oxygens (including phenoxy) is 2. The maximum absolute atomic E-state index is 14.5. The van der Waals surface area contributed by atoms with Crippen LogP contribution in [0.2, 0.25) is 0 Å². The molecule has 0 radical (unpaired) electrons. The molecular formula is C22H22F5N3O4. The van der Waals surface area contributed by atoms with Gasteiger partial charge in [0.05, 0.1) is 7.11 Å². The van der Waals surface area contributed by atoms with Crippen LogP contribution in [0.3, 0.4) is 0 Å². The highest BCUT2D eigenvalue weighted by Crippen LogP contribution is 2.56. The maximum atomic E-state index is 14.5. The Labute approximate surface area is 191 Å². The van der Waals surface area contributed by atoms with E-state index in [1.165, 1.54) is 19.2 Å². The molecule has 12 heteroatoms. The van der Waals surface area contributed by atoms with Crippen molar-refractivity contribution in [1.29, 1.82) is 0 Å². The number of nitrogens with one attached hydrogen (secondary N) is 1. The Balaban J connectivity index is 2.11. The molecule has 2 amide bonds. The fourth-order valence-electron chi connectivity index (χ4n) is 4.37. The lowest BCUT2D eigenvalue weighted by atomic mass is 9.74. The third kappa shape index (κ3) is 4.29. The number of aromatic nitrogens is 1. The minimum absolute atomic E-state index is 0.0297. The van der Waals surface area contributed by atoms with Crippen molar-refractivity contribution in [3.63, 3.8) is 0 Å². The first-order valence-electron chi connectivity index (χ1n) is 10.2. The zero-order valence-electron chi connectivity index (χ0n) is 18.4. The second-order valence-corrected chi connectivity index (χ2v) is 7.95. The summed E-state index contributed by atoms with van der Waals surface area (Å²) in [6.07, 6.45) is -5.58. The number of alkyl halides is 3. The maximum Gasteiger partial charge on any atom is 0.417 e. The largest absolute Gasteiger partial charge is 0.493 e. The van der Waals surface area contributed by atoms with Crippen LogP contribution in [-0.2, 0) is 9.53 Å². The molecule has 0 aliphatic carbocycles. The first kappa shape index (κ1) is 25.3. The van der Waals surface area contributed by atoms with Crippen LogP contribution in [0.5, 0.6) is 5.75 Å². The molecule has 4 atom stereocenters. The zero-order chi connectivity index (χ0) is 25.4. The van der Waals surface area contributed by atoms with E-state index in [9.17, 15) is 31.5 Å². The van der Waals surface area contributed by atoms with E-state index >= 15 is 0 Å². The summed E-state index contributed by atoms with van der Waals surface area (Å²) in [5.41, 5.74) is 2.09. The smallest absolute Gasteiger partial charge is 0.417 e. The number of methoxy groups -OCH3 is 1. The SMILES string of the molecule is CC[C@H]1[C@@H](c2ccc(F)c(F)c2OC)[C@H](C(=O)Nc2ccnc(C(N)=O)c2)O[C@@]1(C)C(F)(F)F. The van der Waals surface area contributed by atoms with Crippen LogP contribution in [0, 0.1) is 17.6 Å². The van der Waals surface area contributed by atoms with E-state index in [0.717, 1.165) is 32.2 Å². The van der Waals surface area contributed by atoms with Gasteiger partial charge in [0.2, 0.25) is 5.82 Å². The molecule has 184 valence electrons. The lowest BCUT2D eigenvalue weighted by Crippen LogP contribution is -2.48. The Morgan fingerprint density at radius 1 is 1.26 bits per heavy atom. The number of primary amides is 1. The van der Waals surface area contributed by atoms with Gasteiger partial charge in [0, 0.05) is 29.3 Å².